The number of aromatic nitrogens is 1. The fourth-order valence-corrected chi connectivity index (χ4v) is 3.58. The van der Waals surface area contributed by atoms with E-state index in [1.807, 2.05) is 37.3 Å². The number of thiazole rings is 1. The first-order valence-electron chi connectivity index (χ1n) is 8.10. The maximum absolute atomic E-state index is 11.9. The summed E-state index contributed by atoms with van der Waals surface area (Å²) < 4.78 is 6.97. The van der Waals surface area contributed by atoms with E-state index in [0.717, 1.165) is 26.7 Å². The molecule has 0 atom stereocenters. The number of fused-ring (bicyclic) bond motifs is 1. The Bertz CT molecular complexity index is 885. The lowest BCUT2D eigenvalue weighted by molar-refractivity contribution is -0.116. The highest BCUT2D eigenvalue weighted by molar-refractivity contribution is 7.21. The highest BCUT2D eigenvalue weighted by Gasteiger charge is 2.23. The van der Waals surface area contributed by atoms with Crippen molar-refractivity contribution in [1.82, 2.24) is 10.3 Å². The highest BCUT2D eigenvalue weighted by Crippen LogP contribution is 2.35. The van der Waals surface area contributed by atoms with Crippen LogP contribution in [0.3, 0.4) is 0 Å². The number of hydrogen-bond donors (Lipinski definition) is 1. The largest absolute Gasteiger partial charge is 0.457 e. The maximum atomic E-state index is 11.9. The number of nitrogens with one attached hydrogen (secondary N) is 1. The molecule has 4 nitrogen and oxygen atoms in total. The van der Waals surface area contributed by atoms with Crippen molar-refractivity contribution in [2.75, 3.05) is 0 Å². The smallest absolute Gasteiger partial charge is 0.244 e. The first-order chi connectivity index (χ1) is 11.7. The Labute approximate surface area is 144 Å². The molecule has 122 valence electrons. The van der Waals surface area contributed by atoms with Crippen LogP contribution in [-0.4, -0.2) is 10.9 Å². The molecule has 2 aromatic heterocycles. The van der Waals surface area contributed by atoms with E-state index in [4.69, 9.17) is 4.42 Å². The molecule has 1 aliphatic carbocycles. The summed E-state index contributed by atoms with van der Waals surface area (Å²) in [5.41, 5.74) is 2.14. The van der Waals surface area contributed by atoms with Gasteiger partial charge in [-0.3, -0.25) is 4.79 Å². The molecule has 2 heterocycles. The van der Waals surface area contributed by atoms with Gasteiger partial charge in [0.15, 0.2) is 10.8 Å². The molecule has 4 rings (SSSR count). The van der Waals surface area contributed by atoms with Gasteiger partial charge in [0, 0.05) is 6.08 Å². The lowest BCUT2D eigenvalue weighted by Crippen LogP contribution is -2.20. The molecule has 1 aliphatic rings. The van der Waals surface area contributed by atoms with Crippen LogP contribution in [-0.2, 0) is 11.3 Å². The van der Waals surface area contributed by atoms with Gasteiger partial charge in [-0.1, -0.05) is 17.7 Å². The zero-order valence-corrected chi connectivity index (χ0v) is 14.2. The zero-order chi connectivity index (χ0) is 16.5. The third kappa shape index (κ3) is 3.26. The lowest BCUT2D eigenvalue weighted by Gasteiger charge is -2.01. The van der Waals surface area contributed by atoms with Crippen LogP contribution in [0.15, 0.2) is 52.5 Å². The van der Waals surface area contributed by atoms with E-state index in [2.05, 4.69) is 16.4 Å². The molecule has 1 aromatic carbocycles. The second-order valence-electron chi connectivity index (χ2n) is 6.13. The minimum Gasteiger partial charge on any atom is -0.457 e. The SMILES string of the molecule is CC(=CC(=O)NCc1ccc(-c2nc3ccccc3s2)o1)C1CC1. The summed E-state index contributed by atoms with van der Waals surface area (Å²) in [5.74, 6) is 2.03. The average molecular weight is 338 g/mol. The first-order valence-corrected chi connectivity index (χ1v) is 8.91. The van der Waals surface area contributed by atoms with Crippen LogP contribution in [0.4, 0.5) is 0 Å². The molecule has 1 saturated carbocycles. The quantitative estimate of drug-likeness (QED) is 0.695. The molecular formula is C19H18N2O2S. The number of benzene rings is 1. The van der Waals surface area contributed by atoms with Gasteiger partial charge in [-0.15, -0.1) is 11.3 Å². The van der Waals surface area contributed by atoms with Crippen LogP contribution in [0, 0.1) is 5.92 Å². The summed E-state index contributed by atoms with van der Waals surface area (Å²) in [7, 11) is 0. The van der Waals surface area contributed by atoms with Crippen molar-refractivity contribution in [2.45, 2.75) is 26.3 Å². The van der Waals surface area contributed by atoms with Gasteiger partial charge in [-0.05, 0) is 49.9 Å². The van der Waals surface area contributed by atoms with E-state index >= 15 is 0 Å². The molecule has 0 saturated heterocycles. The number of carbonyl (C=O) groups is 1. The van der Waals surface area contributed by atoms with E-state index in [0.29, 0.717) is 12.5 Å². The van der Waals surface area contributed by atoms with Crippen molar-refractivity contribution in [2.24, 2.45) is 5.92 Å². The third-order valence-corrected chi connectivity index (χ3v) is 5.23. The van der Waals surface area contributed by atoms with E-state index in [9.17, 15) is 4.79 Å². The minimum absolute atomic E-state index is 0.0580. The number of para-hydroxylation sites is 1. The van der Waals surface area contributed by atoms with Crippen molar-refractivity contribution < 1.29 is 9.21 Å². The number of furan rings is 1. The molecule has 0 bridgehead atoms. The van der Waals surface area contributed by atoms with Gasteiger partial charge in [-0.25, -0.2) is 4.98 Å². The number of allylic oxidation sites excluding steroid dienone is 1. The van der Waals surface area contributed by atoms with E-state index in [-0.39, 0.29) is 5.91 Å². The van der Waals surface area contributed by atoms with Crippen molar-refractivity contribution >= 4 is 27.5 Å². The normalized spacial score (nSPS) is 15.0. The molecule has 1 amide bonds. The number of nitrogens with zero attached hydrogens (tertiary/aromatic N) is 1. The summed E-state index contributed by atoms with van der Waals surface area (Å²) in [5, 5.41) is 3.74. The number of amides is 1. The van der Waals surface area contributed by atoms with Crippen LogP contribution in [0.25, 0.3) is 21.0 Å². The predicted octanol–water partition coefficient (Wildman–Crippen LogP) is 4.53. The van der Waals surface area contributed by atoms with E-state index < -0.39 is 0 Å². The average Bonchev–Trinajstić information content (AvgIpc) is 3.18. The molecule has 24 heavy (non-hydrogen) atoms. The standard InChI is InChI=1S/C19H18N2O2S/c1-12(13-6-7-13)10-18(22)20-11-14-8-9-16(23-14)19-21-15-4-2-3-5-17(15)24-19/h2-5,8-10,13H,6-7,11H2,1H3,(H,20,22). The van der Waals surface area contributed by atoms with Gasteiger partial charge in [0.1, 0.15) is 5.76 Å². The fraction of sp³-hybridized carbons (Fsp3) is 0.263. The summed E-state index contributed by atoms with van der Waals surface area (Å²) >= 11 is 1.60. The van der Waals surface area contributed by atoms with E-state index in [1.54, 1.807) is 17.4 Å². The van der Waals surface area contributed by atoms with Crippen LogP contribution in [0.2, 0.25) is 0 Å². The third-order valence-electron chi connectivity index (χ3n) is 4.18. The second kappa shape index (κ2) is 6.24. The Kier molecular flexibility index (Phi) is 3.94. The summed E-state index contributed by atoms with van der Waals surface area (Å²) in [6, 6.07) is 11.8. The van der Waals surface area contributed by atoms with Gasteiger partial charge in [0.25, 0.3) is 0 Å². The molecule has 3 aromatic rings. The van der Waals surface area contributed by atoms with Gasteiger partial charge in [0.05, 0.1) is 16.8 Å². The summed E-state index contributed by atoms with van der Waals surface area (Å²) in [6.07, 6.45) is 4.12. The van der Waals surface area contributed by atoms with Crippen LogP contribution in [0.5, 0.6) is 0 Å². The van der Waals surface area contributed by atoms with Crippen LogP contribution < -0.4 is 5.32 Å². The Balaban J connectivity index is 1.42. The Morgan fingerprint density at radius 2 is 2.17 bits per heavy atom. The molecule has 1 N–H and O–H groups in total. The molecule has 0 radical (unpaired) electrons. The van der Waals surface area contributed by atoms with Crippen molar-refractivity contribution in [1.29, 1.82) is 0 Å². The molecular weight excluding hydrogens is 320 g/mol. The van der Waals surface area contributed by atoms with Gasteiger partial charge in [0.2, 0.25) is 5.91 Å². The number of rotatable bonds is 5. The summed E-state index contributed by atoms with van der Waals surface area (Å²) in [6.45, 7) is 2.41. The van der Waals surface area contributed by atoms with Crippen LogP contribution in [0.1, 0.15) is 25.5 Å². The fourth-order valence-electron chi connectivity index (χ4n) is 2.65. The Morgan fingerprint density at radius 1 is 1.33 bits per heavy atom. The monoisotopic (exact) mass is 338 g/mol. The van der Waals surface area contributed by atoms with Gasteiger partial charge in [-0.2, -0.15) is 0 Å². The molecule has 0 aliphatic heterocycles. The van der Waals surface area contributed by atoms with Gasteiger partial charge >= 0.3 is 0 Å². The first kappa shape index (κ1) is 15.1. The molecule has 0 unspecified atom stereocenters. The van der Waals surface area contributed by atoms with Crippen LogP contribution >= 0.6 is 11.3 Å². The Hall–Kier alpha value is -2.40. The lowest BCUT2D eigenvalue weighted by atomic mass is 10.2. The van der Waals surface area contributed by atoms with Crippen molar-refractivity contribution in [3.8, 4) is 10.8 Å². The Morgan fingerprint density at radius 3 is 2.96 bits per heavy atom. The van der Waals surface area contributed by atoms with Crippen molar-refractivity contribution in [3.05, 3.63) is 53.8 Å². The minimum atomic E-state index is -0.0580. The second-order valence-corrected chi connectivity index (χ2v) is 7.16. The number of hydrogen-bond acceptors (Lipinski definition) is 4. The van der Waals surface area contributed by atoms with E-state index in [1.165, 1.54) is 18.4 Å². The van der Waals surface area contributed by atoms with Crippen molar-refractivity contribution in [3.63, 3.8) is 0 Å². The molecule has 0 spiro atoms. The summed E-state index contributed by atoms with van der Waals surface area (Å²) in [4.78, 5) is 16.5. The molecule has 5 heteroatoms. The highest BCUT2D eigenvalue weighted by atomic mass is 32.1. The molecule has 1 fully saturated rings. The number of carbonyl (C=O) groups excluding carboxylic acids is 1. The maximum Gasteiger partial charge on any atom is 0.244 e. The zero-order valence-electron chi connectivity index (χ0n) is 13.4. The topological polar surface area (TPSA) is 55.1 Å². The van der Waals surface area contributed by atoms with Gasteiger partial charge < -0.3 is 9.73 Å². The predicted molar refractivity (Wildman–Crippen MR) is 95.6 cm³/mol.